The summed E-state index contributed by atoms with van der Waals surface area (Å²) in [6.45, 7) is 0. The molecule has 1 aromatic heterocycles. The molecular formula is C18H14BrF3N4O. The van der Waals surface area contributed by atoms with Gasteiger partial charge in [-0.15, -0.1) is 0 Å². The van der Waals surface area contributed by atoms with E-state index in [0.29, 0.717) is 12.3 Å². The number of aromatic nitrogens is 2. The van der Waals surface area contributed by atoms with Crippen LogP contribution in [0.25, 0.3) is 11.4 Å². The number of hydrogen-bond acceptors (Lipinski definition) is 5. The molecule has 0 amide bonds. The highest BCUT2D eigenvalue weighted by Crippen LogP contribution is 2.34. The summed E-state index contributed by atoms with van der Waals surface area (Å²) < 4.78 is 44.9. The van der Waals surface area contributed by atoms with Gasteiger partial charge in [-0.2, -0.15) is 18.2 Å². The molecule has 140 valence electrons. The fourth-order valence-corrected chi connectivity index (χ4v) is 3.41. The zero-order chi connectivity index (χ0) is 19.0. The molecule has 2 atom stereocenters. The number of alkyl halides is 3. The Morgan fingerprint density at radius 2 is 1.81 bits per heavy atom. The minimum atomic E-state index is -4.42. The number of halogens is 4. The highest BCUT2D eigenvalue weighted by atomic mass is 79.9. The standard InChI is InChI=1S/C18H14BrF3N4O/c19-13-6-2-3-10(8-13)14-9-15(25-24-14)17-23-16(26-27-17)11-4-1-5-12(7-11)18(20,21)22/h1-8,14-15,24-25H,9H2. The highest BCUT2D eigenvalue weighted by Gasteiger charge is 2.32. The first-order valence-electron chi connectivity index (χ1n) is 8.18. The van der Waals surface area contributed by atoms with Crippen LogP contribution in [0, 0.1) is 0 Å². The van der Waals surface area contributed by atoms with E-state index in [-0.39, 0.29) is 23.5 Å². The third-order valence-electron chi connectivity index (χ3n) is 4.34. The molecule has 1 aliphatic rings. The molecule has 9 heteroatoms. The summed E-state index contributed by atoms with van der Waals surface area (Å²) in [6, 6.07) is 12.6. The van der Waals surface area contributed by atoms with Crippen molar-refractivity contribution < 1.29 is 17.7 Å². The van der Waals surface area contributed by atoms with Gasteiger partial charge in [-0.25, -0.2) is 10.9 Å². The molecule has 0 aliphatic carbocycles. The van der Waals surface area contributed by atoms with Crippen LogP contribution in [0.2, 0.25) is 0 Å². The number of nitrogens with one attached hydrogen (secondary N) is 2. The van der Waals surface area contributed by atoms with Crippen LogP contribution in [-0.4, -0.2) is 10.1 Å². The summed E-state index contributed by atoms with van der Waals surface area (Å²) in [5, 5.41) is 3.84. The molecule has 2 aromatic carbocycles. The summed E-state index contributed by atoms with van der Waals surface area (Å²) in [4.78, 5) is 4.27. The molecular weight excluding hydrogens is 425 g/mol. The lowest BCUT2D eigenvalue weighted by Crippen LogP contribution is -2.26. The maximum Gasteiger partial charge on any atom is 0.416 e. The topological polar surface area (TPSA) is 63.0 Å². The number of hydrazine groups is 1. The molecule has 3 aromatic rings. The van der Waals surface area contributed by atoms with Gasteiger partial charge in [-0.05, 0) is 36.2 Å². The van der Waals surface area contributed by atoms with Gasteiger partial charge >= 0.3 is 6.18 Å². The van der Waals surface area contributed by atoms with Gasteiger partial charge in [0, 0.05) is 16.1 Å². The predicted octanol–water partition coefficient (Wildman–Crippen LogP) is 4.80. The van der Waals surface area contributed by atoms with Crippen molar-refractivity contribution >= 4 is 15.9 Å². The number of rotatable bonds is 3. The Morgan fingerprint density at radius 3 is 2.59 bits per heavy atom. The fourth-order valence-electron chi connectivity index (χ4n) is 2.99. The lowest BCUT2D eigenvalue weighted by Gasteiger charge is -2.09. The lowest BCUT2D eigenvalue weighted by atomic mass is 10.0. The SMILES string of the molecule is FC(F)(F)c1cccc(-c2noc(C3CC(c4cccc(Br)c4)NN3)n2)c1. The third kappa shape index (κ3) is 3.90. The van der Waals surface area contributed by atoms with Gasteiger partial charge in [0.15, 0.2) is 0 Å². The van der Waals surface area contributed by atoms with Crippen molar-refractivity contribution in [2.75, 3.05) is 0 Å². The van der Waals surface area contributed by atoms with Crippen LogP contribution >= 0.6 is 15.9 Å². The van der Waals surface area contributed by atoms with Gasteiger partial charge in [0.1, 0.15) is 6.04 Å². The molecule has 1 aliphatic heterocycles. The number of nitrogens with zero attached hydrogens (tertiary/aromatic N) is 2. The molecule has 2 unspecified atom stereocenters. The van der Waals surface area contributed by atoms with Gasteiger partial charge < -0.3 is 4.52 Å². The van der Waals surface area contributed by atoms with Gasteiger partial charge in [0.2, 0.25) is 11.7 Å². The van der Waals surface area contributed by atoms with E-state index in [1.165, 1.54) is 12.1 Å². The second-order valence-electron chi connectivity index (χ2n) is 6.22. The summed E-state index contributed by atoms with van der Waals surface area (Å²) in [5.74, 6) is 0.455. The van der Waals surface area contributed by atoms with Crippen LogP contribution in [0.15, 0.2) is 57.5 Å². The van der Waals surface area contributed by atoms with Crippen molar-refractivity contribution in [3.05, 3.63) is 70.0 Å². The van der Waals surface area contributed by atoms with Crippen LogP contribution in [0.1, 0.15) is 35.5 Å². The Hall–Kier alpha value is -2.23. The van der Waals surface area contributed by atoms with Crippen molar-refractivity contribution in [2.24, 2.45) is 0 Å². The average molecular weight is 439 g/mol. The Balaban J connectivity index is 1.52. The van der Waals surface area contributed by atoms with Crippen molar-refractivity contribution in [3.63, 3.8) is 0 Å². The minimum Gasteiger partial charge on any atom is -0.337 e. The van der Waals surface area contributed by atoms with Crippen LogP contribution < -0.4 is 10.9 Å². The molecule has 0 saturated carbocycles. The van der Waals surface area contributed by atoms with E-state index < -0.39 is 11.7 Å². The fraction of sp³-hybridized carbons (Fsp3) is 0.222. The summed E-state index contributed by atoms with van der Waals surface area (Å²) in [5.41, 5.74) is 6.88. The van der Waals surface area contributed by atoms with E-state index in [9.17, 15) is 13.2 Å². The van der Waals surface area contributed by atoms with Crippen LogP contribution in [0.3, 0.4) is 0 Å². The van der Waals surface area contributed by atoms with Crippen LogP contribution in [-0.2, 0) is 6.18 Å². The average Bonchev–Trinajstić information content (AvgIpc) is 3.31. The van der Waals surface area contributed by atoms with Crippen molar-refractivity contribution in [3.8, 4) is 11.4 Å². The maximum absolute atomic E-state index is 12.9. The molecule has 0 bridgehead atoms. The smallest absolute Gasteiger partial charge is 0.337 e. The number of benzene rings is 2. The molecule has 4 rings (SSSR count). The Bertz CT molecular complexity index is 960. The van der Waals surface area contributed by atoms with Gasteiger partial charge in [0.25, 0.3) is 0 Å². The second-order valence-corrected chi connectivity index (χ2v) is 7.14. The van der Waals surface area contributed by atoms with Crippen molar-refractivity contribution in [1.29, 1.82) is 0 Å². The molecule has 0 spiro atoms. The largest absolute Gasteiger partial charge is 0.416 e. The summed E-state index contributed by atoms with van der Waals surface area (Å²) in [7, 11) is 0. The first kappa shape index (κ1) is 18.1. The van der Waals surface area contributed by atoms with E-state index in [1.54, 1.807) is 0 Å². The molecule has 27 heavy (non-hydrogen) atoms. The second kappa shape index (κ2) is 7.06. The molecule has 0 radical (unpaired) electrons. The first-order chi connectivity index (χ1) is 12.9. The van der Waals surface area contributed by atoms with Crippen LogP contribution in [0.4, 0.5) is 13.2 Å². The molecule has 5 nitrogen and oxygen atoms in total. The third-order valence-corrected chi connectivity index (χ3v) is 4.84. The predicted molar refractivity (Wildman–Crippen MR) is 95.2 cm³/mol. The summed E-state index contributed by atoms with van der Waals surface area (Å²) in [6.07, 6.45) is -3.75. The zero-order valence-corrected chi connectivity index (χ0v) is 15.4. The van der Waals surface area contributed by atoms with E-state index in [0.717, 1.165) is 22.2 Å². The molecule has 1 fully saturated rings. The van der Waals surface area contributed by atoms with Crippen molar-refractivity contribution in [1.82, 2.24) is 21.0 Å². The van der Waals surface area contributed by atoms with Gasteiger partial charge in [-0.1, -0.05) is 45.4 Å². The normalized spacial score (nSPS) is 20.1. The monoisotopic (exact) mass is 438 g/mol. The first-order valence-corrected chi connectivity index (χ1v) is 8.97. The molecule has 2 heterocycles. The highest BCUT2D eigenvalue weighted by molar-refractivity contribution is 9.10. The summed E-state index contributed by atoms with van der Waals surface area (Å²) >= 11 is 3.45. The lowest BCUT2D eigenvalue weighted by molar-refractivity contribution is -0.137. The Morgan fingerprint density at radius 1 is 1.04 bits per heavy atom. The molecule has 2 N–H and O–H groups in total. The van der Waals surface area contributed by atoms with E-state index in [2.05, 4.69) is 36.9 Å². The number of hydrogen-bond donors (Lipinski definition) is 2. The molecule has 1 saturated heterocycles. The quantitative estimate of drug-likeness (QED) is 0.614. The van der Waals surface area contributed by atoms with Crippen LogP contribution in [0.5, 0.6) is 0 Å². The maximum atomic E-state index is 12.9. The Labute approximate surface area is 161 Å². The Kier molecular flexibility index (Phi) is 4.75. The van der Waals surface area contributed by atoms with Gasteiger partial charge in [0.05, 0.1) is 5.56 Å². The van der Waals surface area contributed by atoms with E-state index >= 15 is 0 Å². The van der Waals surface area contributed by atoms with Gasteiger partial charge in [-0.3, -0.25) is 0 Å². The van der Waals surface area contributed by atoms with E-state index in [4.69, 9.17) is 4.52 Å². The van der Waals surface area contributed by atoms with Crippen molar-refractivity contribution in [2.45, 2.75) is 24.7 Å². The minimum absolute atomic E-state index is 0.0522. The van der Waals surface area contributed by atoms with E-state index in [1.807, 2.05) is 24.3 Å². The zero-order valence-electron chi connectivity index (χ0n) is 13.8.